The van der Waals surface area contributed by atoms with Crippen molar-refractivity contribution in [2.75, 3.05) is 13.2 Å². The average Bonchev–Trinajstić information content (AvgIpc) is 2.42. The number of hydrogen-bond acceptors (Lipinski definition) is 5. The largest absolute Gasteiger partial charge is 0.492 e. The first kappa shape index (κ1) is 17.2. The van der Waals surface area contributed by atoms with Gasteiger partial charge in [-0.1, -0.05) is 13.3 Å². The molecular formula is C14H24N4O3. The third kappa shape index (κ3) is 6.40. The molecule has 1 aromatic rings. The van der Waals surface area contributed by atoms with Gasteiger partial charge in [-0.15, -0.1) is 0 Å². The van der Waals surface area contributed by atoms with Gasteiger partial charge in [0.15, 0.2) is 0 Å². The summed E-state index contributed by atoms with van der Waals surface area (Å²) in [4.78, 5) is 23.6. The summed E-state index contributed by atoms with van der Waals surface area (Å²) in [5.74, 6) is 0.173. The molecule has 0 bridgehead atoms. The lowest BCUT2D eigenvalue weighted by Gasteiger charge is -2.13. The molecule has 3 N–H and O–H groups in total. The number of ether oxygens (including phenoxy) is 1. The third-order valence-corrected chi connectivity index (χ3v) is 2.88. The Labute approximate surface area is 124 Å². The van der Waals surface area contributed by atoms with Gasteiger partial charge in [0.1, 0.15) is 12.3 Å². The minimum atomic E-state index is -0.362. The van der Waals surface area contributed by atoms with E-state index in [4.69, 9.17) is 10.5 Å². The molecule has 1 rings (SSSR count). The number of carbonyl (C=O) groups excluding carboxylic acids is 1. The predicted octanol–water partition coefficient (Wildman–Crippen LogP) is 0.276. The number of aromatic nitrogens is 2. The molecule has 0 aromatic carbocycles. The van der Waals surface area contributed by atoms with Crippen molar-refractivity contribution < 1.29 is 9.53 Å². The number of carbonyl (C=O) groups is 1. The molecule has 7 heteroatoms. The molecule has 1 heterocycles. The maximum absolute atomic E-state index is 11.8. The monoisotopic (exact) mass is 296 g/mol. The van der Waals surface area contributed by atoms with Crippen molar-refractivity contribution in [2.24, 2.45) is 5.73 Å². The second-order valence-electron chi connectivity index (χ2n) is 4.94. The van der Waals surface area contributed by atoms with Gasteiger partial charge in [0.05, 0.1) is 12.8 Å². The summed E-state index contributed by atoms with van der Waals surface area (Å²) in [6, 6.07) is 1.42. The highest BCUT2D eigenvalue weighted by Gasteiger charge is 2.09. The highest BCUT2D eigenvalue weighted by molar-refractivity contribution is 5.75. The normalized spacial score (nSPS) is 12.0. The Morgan fingerprint density at radius 2 is 2.33 bits per heavy atom. The Bertz CT molecular complexity index is 501. The van der Waals surface area contributed by atoms with Crippen LogP contribution < -0.4 is 21.3 Å². The number of nitrogens with two attached hydrogens (primary N) is 1. The molecule has 1 unspecified atom stereocenters. The third-order valence-electron chi connectivity index (χ3n) is 2.88. The Morgan fingerprint density at radius 1 is 1.57 bits per heavy atom. The molecule has 1 amide bonds. The quantitative estimate of drug-likeness (QED) is 0.637. The van der Waals surface area contributed by atoms with Crippen molar-refractivity contribution in [1.29, 1.82) is 0 Å². The summed E-state index contributed by atoms with van der Waals surface area (Å²) in [7, 11) is 0. The molecule has 0 saturated carbocycles. The fraction of sp³-hybridized carbons (Fsp3) is 0.643. The summed E-state index contributed by atoms with van der Waals surface area (Å²) in [6.07, 6.45) is 4.04. The van der Waals surface area contributed by atoms with Crippen LogP contribution in [0.4, 0.5) is 0 Å². The van der Waals surface area contributed by atoms with Crippen molar-refractivity contribution >= 4 is 5.91 Å². The lowest BCUT2D eigenvalue weighted by Crippen LogP contribution is -2.38. The molecule has 118 valence electrons. The molecule has 0 aliphatic heterocycles. The minimum absolute atomic E-state index is 0.0873. The van der Waals surface area contributed by atoms with Gasteiger partial charge in [0, 0.05) is 12.1 Å². The second kappa shape index (κ2) is 9.12. The van der Waals surface area contributed by atoms with Crippen molar-refractivity contribution in [2.45, 2.75) is 45.7 Å². The van der Waals surface area contributed by atoms with Crippen LogP contribution in [0.15, 0.2) is 17.1 Å². The number of nitrogens with one attached hydrogen (secondary N) is 1. The van der Waals surface area contributed by atoms with Crippen LogP contribution >= 0.6 is 0 Å². The topological polar surface area (TPSA) is 99.2 Å². The first-order valence-electron chi connectivity index (χ1n) is 7.26. The smallest absolute Gasteiger partial charge is 0.270 e. The van der Waals surface area contributed by atoms with Crippen LogP contribution in [-0.2, 0) is 11.3 Å². The van der Waals surface area contributed by atoms with Crippen LogP contribution in [0.25, 0.3) is 0 Å². The summed E-state index contributed by atoms with van der Waals surface area (Å²) in [5.41, 5.74) is 4.99. The van der Waals surface area contributed by atoms with Crippen LogP contribution in [0.2, 0.25) is 0 Å². The lowest BCUT2D eigenvalue weighted by atomic mass is 10.2. The van der Waals surface area contributed by atoms with E-state index >= 15 is 0 Å². The number of amides is 1. The zero-order valence-corrected chi connectivity index (χ0v) is 12.7. The van der Waals surface area contributed by atoms with Crippen LogP contribution in [0.1, 0.15) is 33.1 Å². The average molecular weight is 296 g/mol. The van der Waals surface area contributed by atoms with Gasteiger partial charge in [-0.05, 0) is 26.3 Å². The molecule has 0 fully saturated rings. The maximum atomic E-state index is 11.8. The summed E-state index contributed by atoms with van der Waals surface area (Å²) < 4.78 is 6.44. The van der Waals surface area contributed by atoms with Gasteiger partial charge in [0.2, 0.25) is 5.91 Å². The summed E-state index contributed by atoms with van der Waals surface area (Å²) in [6.45, 7) is 4.87. The van der Waals surface area contributed by atoms with E-state index in [9.17, 15) is 9.59 Å². The zero-order chi connectivity index (χ0) is 15.7. The standard InChI is InChI=1S/C14H24N4O3/c1-3-5-11(2)17-13(19)10-18-14(20)8-12(9-16-18)21-7-4-6-15/h8-9,11H,3-7,10,15H2,1-2H3,(H,17,19). The lowest BCUT2D eigenvalue weighted by molar-refractivity contribution is -0.122. The van der Waals surface area contributed by atoms with E-state index in [-0.39, 0.29) is 24.1 Å². The molecular weight excluding hydrogens is 272 g/mol. The molecule has 1 aromatic heterocycles. The number of hydrogen-bond donors (Lipinski definition) is 2. The first-order valence-corrected chi connectivity index (χ1v) is 7.26. The fourth-order valence-electron chi connectivity index (χ4n) is 1.85. The Balaban J connectivity index is 2.56. The van der Waals surface area contributed by atoms with Gasteiger partial charge in [-0.2, -0.15) is 5.10 Å². The first-order chi connectivity index (χ1) is 10.1. The van der Waals surface area contributed by atoms with E-state index in [1.54, 1.807) is 0 Å². The van der Waals surface area contributed by atoms with Gasteiger partial charge in [0.25, 0.3) is 5.56 Å². The molecule has 0 spiro atoms. The highest BCUT2D eigenvalue weighted by atomic mass is 16.5. The highest BCUT2D eigenvalue weighted by Crippen LogP contribution is 2.03. The Morgan fingerprint density at radius 3 is 2.95 bits per heavy atom. The Kier molecular flexibility index (Phi) is 7.45. The van der Waals surface area contributed by atoms with Crippen LogP contribution in [0.3, 0.4) is 0 Å². The molecule has 21 heavy (non-hydrogen) atoms. The van der Waals surface area contributed by atoms with Crippen LogP contribution in [-0.4, -0.2) is 34.9 Å². The van der Waals surface area contributed by atoms with Crippen LogP contribution in [0, 0.1) is 0 Å². The second-order valence-corrected chi connectivity index (χ2v) is 4.94. The van der Waals surface area contributed by atoms with E-state index in [1.807, 2.05) is 6.92 Å². The molecule has 1 atom stereocenters. The van der Waals surface area contributed by atoms with Gasteiger partial charge in [-0.25, -0.2) is 4.68 Å². The van der Waals surface area contributed by atoms with Gasteiger partial charge >= 0.3 is 0 Å². The Hall–Kier alpha value is -1.89. The molecule has 0 saturated heterocycles. The summed E-state index contributed by atoms with van der Waals surface area (Å²) in [5, 5.41) is 6.77. The maximum Gasteiger partial charge on any atom is 0.270 e. The van der Waals surface area contributed by atoms with E-state index in [1.165, 1.54) is 12.3 Å². The SMILES string of the molecule is CCCC(C)NC(=O)Cn1ncc(OCCCN)cc1=O. The van der Waals surface area contributed by atoms with E-state index in [2.05, 4.69) is 17.3 Å². The van der Waals surface area contributed by atoms with Gasteiger partial charge in [-0.3, -0.25) is 9.59 Å². The van der Waals surface area contributed by atoms with Crippen molar-refractivity contribution in [1.82, 2.24) is 15.1 Å². The van der Waals surface area contributed by atoms with Gasteiger partial charge < -0.3 is 15.8 Å². The van der Waals surface area contributed by atoms with Crippen LogP contribution in [0.5, 0.6) is 5.75 Å². The molecule has 0 radical (unpaired) electrons. The zero-order valence-electron chi connectivity index (χ0n) is 12.7. The summed E-state index contributed by atoms with van der Waals surface area (Å²) >= 11 is 0. The van der Waals surface area contributed by atoms with Crippen molar-refractivity contribution in [3.05, 3.63) is 22.6 Å². The van der Waals surface area contributed by atoms with Crippen molar-refractivity contribution in [3.8, 4) is 5.75 Å². The molecule has 7 nitrogen and oxygen atoms in total. The fourth-order valence-corrected chi connectivity index (χ4v) is 1.85. The van der Waals surface area contributed by atoms with E-state index < -0.39 is 0 Å². The minimum Gasteiger partial charge on any atom is -0.492 e. The van der Waals surface area contributed by atoms with Crippen molar-refractivity contribution in [3.63, 3.8) is 0 Å². The number of rotatable bonds is 9. The molecule has 0 aliphatic carbocycles. The number of nitrogens with zero attached hydrogens (tertiary/aromatic N) is 2. The predicted molar refractivity (Wildman–Crippen MR) is 80.2 cm³/mol. The van der Waals surface area contributed by atoms with E-state index in [0.29, 0.717) is 25.3 Å². The molecule has 0 aliphatic rings. The van der Waals surface area contributed by atoms with E-state index in [0.717, 1.165) is 17.5 Å².